The summed E-state index contributed by atoms with van der Waals surface area (Å²) in [7, 11) is 0. The van der Waals surface area contributed by atoms with Gasteiger partial charge in [-0.2, -0.15) is 5.10 Å². The van der Waals surface area contributed by atoms with Gasteiger partial charge in [0.05, 0.1) is 12.4 Å². The third-order valence-corrected chi connectivity index (χ3v) is 2.61. The fourth-order valence-corrected chi connectivity index (χ4v) is 1.60. The summed E-state index contributed by atoms with van der Waals surface area (Å²) in [6, 6.07) is 3.95. The Morgan fingerprint density at radius 1 is 1.33 bits per heavy atom. The molecule has 2 aromatic rings. The number of aromatic nitrogens is 3. The van der Waals surface area contributed by atoms with Crippen LogP contribution in [0.25, 0.3) is 0 Å². The molecule has 18 heavy (non-hydrogen) atoms. The van der Waals surface area contributed by atoms with E-state index in [1.165, 1.54) is 0 Å². The summed E-state index contributed by atoms with van der Waals surface area (Å²) in [6.45, 7) is 6.03. The van der Waals surface area contributed by atoms with Gasteiger partial charge >= 0.3 is 0 Å². The maximum atomic E-state index is 5.88. The van der Waals surface area contributed by atoms with E-state index in [0.29, 0.717) is 17.7 Å². The molecule has 0 bridgehead atoms. The molecule has 2 aromatic heterocycles. The van der Waals surface area contributed by atoms with Crippen molar-refractivity contribution in [3.63, 3.8) is 0 Å². The fraction of sp³-hybridized carbons (Fsp3) is 0.385. The van der Waals surface area contributed by atoms with Crippen LogP contribution in [0.4, 0.5) is 0 Å². The van der Waals surface area contributed by atoms with E-state index in [-0.39, 0.29) is 6.04 Å². The van der Waals surface area contributed by atoms with Crippen LogP contribution in [0.2, 0.25) is 0 Å². The van der Waals surface area contributed by atoms with Gasteiger partial charge in [0.2, 0.25) is 5.88 Å². The van der Waals surface area contributed by atoms with Gasteiger partial charge in [-0.05, 0) is 26.8 Å². The van der Waals surface area contributed by atoms with Crippen molar-refractivity contribution in [2.45, 2.75) is 32.9 Å². The second-order valence-electron chi connectivity index (χ2n) is 4.54. The lowest BCUT2D eigenvalue weighted by Crippen LogP contribution is -2.07. The first kappa shape index (κ1) is 12.6. The quantitative estimate of drug-likeness (QED) is 0.900. The lowest BCUT2D eigenvalue weighted by molar-refractivity contribution is 0.449. The second-order valence-corrected chi connectivity index (χ2v) is 4.54. The third kappa shape index (κ3) is 2.68. The van der Waals surface area contributed by atoms with Crippen molar-refractivity contribution in [2.24, 2.45) is 5.73 Å². The minimum atomic E-state index is -0.117. The van der Waals surface area contributed by atoms with Crippen LogP contribution in [0.3, 0.4) is 0 Å². The maximum absolute atomic E-state index is 5.88. The zero-order chi connectivity index (χ0) is 13.1. The molecule has 2 rings (SSSR count). The highest BCUT2D eigenvalue weighted by molar-refractivity contribution is 5.32. The zero-order valence-electron chi connectivity index (χ0n) is 10.9. The molecule has 0 saturated carbocycles. The molecule has 2 heterocycles. The average Bonchev–Trinajstić information content (AvgIpc) is 2.78. The first-order chi connectivity index (χ1) is 8.58. The predicted molar refractivity (Wildman–Crippen MR) is 69.5 cm³/mol. The number of nitrogens with zero attached hydrogens (tertiary/aromatic N) is 3. The van der Waals surface area contributed by atoms with Gasteiger partial charge in [-0.3, -0.25) is 4.68 Å². The van der Waals surface area contributed by atoms with Gasteiger partial charge in [0.25, 0.3) is 0 Å². The Kier molecular flexibility index (Phi) is 3.62. The van der Waals surface area contributed by atoms with E-state index in [9.17, 15) is 0 Å². The first-order valence-corrected chi connectivity index (χ1v) is 6.00. The Morgan fingerprint density at radius 3 is 2.72 bits per heavy atom. The summed E-state index contributed by atoms with van der Waals surface area (Å²) in [6.07, 6.45) is 5.22. The number of hydrogen-bond acceptors (Lipinski definition) is 4. The van der Waals surface area contributed by atoms with E-state index in [2.05, 4.69) is 23.9 Å². The predicted octanol–water partition coefficient (Wildman–Crippen LogP) is 2.67. The topological polar surface area (TPSA) is 66.0 Å². The van der Waals surface area contributed by atoms with E-state index >= 15 is 0 Å². The molecule has 1 atom stereocenters. The van der Waals surface area contributed by atoms with E-state index in [1.54, 1.807) is 12.4 Å². The van der Waals surface area contributed by atoms with Crippen molar-refractivity contribution in [2.75, 3.05) is 0 Å². The van der Waals surface area contributed by atoms with Crippen LogP contribution in [0.1, 0.15) is 38.4 Å². The number of ether oxygens (including phenoxy) is 1. The molecule has 0 unspecified atom stereocenters. The summed E-state index contributed by atoms with van der Waals surface area (Å²) in [5.41, 5.74) is 6.76. The molecule has 0 amide bonds. The molecular weight excluding hydrogens is 228 g/mol. The second kappa shape index (κ2) is 5.18. The van der Waals surface area contributed by atoms with Crippen LogP contribution in [0, 0.1) is 0 Å². The monoisotopic (exact) mass is 246 g/mol. The molecule has 0 saturated heterocycles. The van der Waals surface area contributed by atoms with Crippen molar-refractivity contribution >= 4 is 0 Å². The number of hydrogen-bond donors (Lipinski definition) is 1. The first-order valence-electron chi connectivity index (χ1n) is 6.00. The largest absolute Gasteiger partial charge is 0.435 e. The van der Waals surface area contributed by atoms with Gasteiger partial charge in [-0.15, -0.1) is 0 Å². The van der Waals surface area contributed by atoms with Gasteiger partial charge in [-0.1, -0.05) is 6.07 Å². The minimum absolute atomic E-state index is 0.117. The lowest BCUT2D eigenvalue weighted by Gasteiger charge is -2.10. The van der Waals surface area contributed by atoms with Crippen LogP contribution in [0.5, 0.6) is 11.6 Å². The number of pyridine rings is 1. The Morgan fingerprint density at radius 2 is 2.11 bits per heavy atom. The molecule has 5 heteroatoms. The van der Waals surface area contributed by atoms with Gasteiger partial charge in [0, 0.05) is 23.8 Å². The molecule has 0 spiro atoms. The molecule has 0 fully saturated rings. The Balaban J connectivity index is 2.23. The van der Waals surface area contributed by atoms with Gasteiger partial charge in [0.1, 0.15) is 0 Å². The molecule has 5 nitrogen and oxygen atoms in total. The van der Waals surface area contributed by atoms with Crippen LogP contribution in [0.15, 0.2) is 30.7 Å². The molecular formula is C13H18N4O. The minimum Gasteiger partial charge on any atom is -0.435 e. The van der Waals surface area contributed by atoms with Crippen LogP contribution in [-0.2, 0) is 0 Å². The fourth-order valence-electron chi connectivity index (χ4n) is 1.60. The molecule has 2 N–H and O–H groups in total. The van der Waals surface area contributed by atoms with Crippen molar-refractivity contribution in [1.29, 1.82) is 0 Å². The van der Waals surface area contributed by atoms with E-state index in [0.717, 1.165) is 5.56 Å². The summed E-state index contributed by atoms with van der Waals surface area (Å²) in [4.78, 5) is 4.21. The normalized spacial score (nSPS) is 12.7. The van der Waals surface area contributed by atoms with Crippen molar-refractivity contribution in [3.8, 4) is 11.6 Å². The standard InChI is InChI=1S/C13H18N4O/c1-9(2)17-8-11(7-16-17)18-13-12(10(3)14)5-4-6-15-13/h4-10H,14H2,1-3H3/t10-/m0/s1. The molecule has 96 valence electrons. The van der Waals surface area contributed by atoms with E-state index < -0.39 is 0 Å². The molecule has 0 aliphatic rings. The van der Waals surface area contributed by atoms with Crippen LogP contribution < -0.4 is 10.5 Å². The van der Waals surface area contributed by atoms with Crippen LogP contribution >= 0.6 is 0 Å². The van der Waals surface area contributed by atoms with E-state index in [1.807, 2.05) is 29.9 Å². The maximum Gasteiger partial charge on any atom is 0.224 e. The van der Waals surface area contributed by atoms with Gasteiger partial charge in [-0.25, -0.2) is 4.98 Å². The molecule has 0 aliphatic heterocycles. The van der Waals surface area contributed by atoms with Gasteiger partial charge in [0.15, 0.2) is 5.75 Å². The Bertz CT molecular complexity index is 519. The smallest absolute Gasteiger partial charge is 0.224 e. The highest BCUT2D eigenvalue weighted by Gasteiger charge is 2.11. The number of nitrogens with two attached hydrogens (primary N) is 1. The highest BCUT2D eigenvalue weighted by Crippen LogP contribution is 2.26. The Labute approximate surface area is 107 Å². The third-order valence-electron chi connectivity index (χ3n) is 2.61. The summed E-state index contributed by atoms with van der Waals surface area (Å²) < 4.78 is 7.56. The highest BCUT2D eigenvalue weighted by atomic mass is 16.5. The van der Waals surface area contributed by atoms with Crippen LogP contribution in [-0.4, -0.2) is 14.8 Å². The van der Waals surface area contributed by atoms with Crippen molar-refractivity contribution in [1.82, 2.24) is 14.8 Å². The summed E-state index contributed by atoms with van der Waals surface area (Å²) >= 11 is 0. The Hall–Kier alpha value is -1.88. The van der Waals surface area contributed by atoms with Crippen molar-refractivity contribution in [3.05, 3.63) is 36.3 Å². The molecule has 0 aromatic carbocycles. The van der Waals surface area contributed by atoms with Crippen molar-refractivity contribution < 1.29 is 4.74 Å². The average molecular weight is 246 g/mol. The summed E-state index contributed by atoms with van der Waals surface area (Å²) in [5, 5.41) is 4.22. The SMILES string of the molecule is CC(C)n1cc(Oc2ncccc2[C@H](C)N)cn1. The van der Waals surface area contributed by atoms with Gasteiger partial charge < -0.3 is 10.5 Å². The molecule has 0 aliphatic carbocycles. The summed E-state index contributed by atoms with van der Waals surface area (Å²) in [5.74, 6) is 1.21. The van der Waals surface area contributed by atoms with E-state index in [4.69, 9.17) is 10.5 Å². The zero-order valence-corrected chi connectivity index (χ0v) is 10.9. The molecule has 0 radical (unpaired) electrons. The lowest BCUT2D eigenvalue weighted by atomic mass is 10.1. The number of rotatable bonds is 4.